The van der Waals surface area contributed by atoms with Crippen molar-refractivity contribution in [2.24, 2.45) is 0 Å². The van der Waals surface area contributed by atoms with E-state index in [0.29, 0.717) is 0 Å². The first kappa shape index (κ1) is 5.71. The van der Waals surface area contributed by atoms with Crippen LogP contribution in [-0.4, -0.2) is 6.40 Å². The largest absolute Gasteiger partial charge is 0.418 e. The fourth-order valence-electron chi connectivity index (χ4n) is 1.29. The Morgan fingerprint density at radius 1 is 1.50 bits per heavy atom. The van der Waals surface area contributed by atoms with Gasteiger partial charge in [-0.25, -0.2) is 0 Å². The van der Waals surface area contributed by atoms with Gasteiger partial charge in [-0.15, -0.1) is 0 Å². The topological polar surface area (TPSA) is 23.2 Å². The Labute approximate surface area is 59.9 Å². The zero-order chi connectivity index (χ0) is 6.81. The molecule has 0 fully saturated rings. The maximum absolute atomic E-state index is 5.00. The average Bonchev–Trinajstić information content (AvgIpc) is 2.05. The summed E-state index contributed by atoms with van der Waals surface area (Å²) in [5.74, 6) is 0. The SMILES string of the molecule is C1=[NH+]C2=CCCCC2=CO1. The number of hydrogen-bond donors (Lipinski definition) is 1. The monoisotopic (exact) mass is 136 g/mol. The molecule has 1 aliphatic heterocycles. The first-order valence-electron chi connectivity index (χ1n) is 3.60. The van der Waals surface area contributed by atoms with E-state index in [4.69, 9.17) is 4.74 Å². The Morgan fingerprint density at radius 3 is 3.40 bits per heavy atom. The third-order valence-corrected chi connectivity index (χ3v) is 1.84. The van der Waals surface area contributed by atoms with Crippen molar-refractivity contribution in [3.63, 3.8) is 0 Å². The second-order valence-electron chi connectivity index (χ2n) is 2.55. The van der Waals surface area contributed by atoms with Crippen LogP contribution in [0.4, 0.5) is 0 Å². The second-order valence-corrected chi connectivity index (χ2v) is 2.55. The maximum atomic E-state index is 5.00. The Bertz CT molecular complexity index is 225. The van der Waals surface area contributed by atoms with Crippen molar-refractivity contribution in [1.29, 1.82) is 0 Å². The van der Waals surface area contributed by atoms with E-state index in [0.717, 1.165) is 6.42 Å². The van der Waals surface area contributed by atoms with Crippen molar-refractivity contribution < 1.29 is 9.73 Å². The molecule has 1 aliphatic carbocycles. The molecule has 2 heteroatoms. The normalized spacial score (nSPS) is 22.4. The summed E-state index contributed by atoms with van der Waals surface area (Å²) in [6.07, 6.45) is 9.23. The van der Waals surface area contributed by atoms with Crippen LogP contribution in [0.2, 0.25) is 0 Å². The summed E-state index contributed by atoms with van der Waals surface area (Å²) >= 11 is 0. The molecule has 0 spiro atoms. The summed E-state index contributed by atoms with van der Waals surface area (Å²) in [5.41, 5.74) is 2.53. The average molecular weight is 136 g/mol. The van der Waals surface area contributed by atoms with Crippen molar-refractivity contribution in [1.82, 2.24) is 0 Å². The number of hydrogen-bond acceptors (Lipinski definition) is 1. The zero-order valence-corrected chi connectivity index (χ0v) is 5.76. The van der Waals surface area contributed by atoms with Gasteiger partial charge in [0.05, 0.1) is 5.57 Å². The van der Waals surface area contributed by atoms with E-state index in [1.54, 1.807) is 6.40 Å². The molecule has 52 valence electrons. The fraction of sp³-hybridized carbons (Fsp3) is 0.375. The fourth-order valence-corrected chi connectivity index (χ4v) is 1.29. The highest BCUT2D eigenvalue weighted by Gasteiger charge is 2.16. The molecule has 0 amide bonds. The van der Waals surface area contributed by atoms with Crippen LogP contribution >= 0.6 is 0 Å². The summed E-state index contributed by atoms with van der Waals surface area (Å²) in [7, 11) is 0. The predicted molar refractivity (Wildman–Crippen MR) is 38.1 cm³/mol. The molecule has 10 heavy (non-hydrogen) atoms. The highest BCUT2D eigenvalue weighted by Crippen LogP contribution is 2.19. The van der Waals surface area contributed by atoms with Crippen LogP contribution in [0.25, 0.3) is 0 Å². The van der Waals surface area contributed by atoms with Gasteiger partial charge in [-0.3, -0.25) is 0 Å². The van der Waals surface area contributed by atoms with E-state index in [1.807, 2.05) is 6.26 Å². The molecular formula is C8H10NO+. The van der Waals surface area contributed by atoms with Gasteiger partial charge < -0.3 is 4.74 Å². The van der Waals surface area contributed by atoms with Gasteiger partial charge in [0.1, 0.15) is 6.26 Å². The lowest BCUT2D eigenvalue weighted by Crippen LogP contribution is -2.68. The molecule has 0 atom stereocenters. The van der Waals surface area contributed by atoms with Crippen LogP contribution in [0.15, 0.2) is 23.6 Å². The molecule has 0 unspecified atom stereocenters. The number of rotatable bonds is 0. The smallest absolute Gasteiger partial charge is 0.332 e. The van der Waals surface area contributed by atoms with E-state index in [2.05, 4.69) is 11.1 Å². The minimum atomic E-state index is 1.15. The lowest BCUT2D eigenvalue weighted by Gasteiger charge is -2.09. The Kier molecular flexibility index (Phi) is 1.31. The molecule has 2 aliphatic rings. The predicted octanol–water partition coefficient (Wildman–Crippen LogP) is 0.0772. The van der Waals surface area contributed by atoms with E-state index in [-0.39, 0.29) is 0 Å². The molecule has 0 radical (unpaired) electrons. The van der Waals surface area contributed by atoms with Gasteiger partial charge in [-0.2, -0.15) is 4.99 Å². The van der Waals surface area contributed by atoms with E-state index in [1.165, 1.54) is 24.1 Å². The van der Waals surface area contributed by atoms with Crippen LogP contribution in [-0.2, 0) is 4.74 Å². The van der Waals surface area contributed by atoms with Crippen molar-refractivity contribution >= 4 is 6.40 Å². The summed E-state index contributed by atoms with van der Waals surface area (Å²) in [4.78, 5) is 3.07. The van der Waals surface area contributed by atoms with Crippen LogP contribution in [0.3, 0.4) is 0 Å². The van der Waals surface area contributed by atoms with Gasteiger partial charge in [0.15, 0.2) is 0 Å². The van der Waals surface area contributed by atoms with Gasteiger partial charge in [0.25, 0.3) is 0 Å². The van der Waals surface area contributed by atoms with Gasteiger partial charge in [0.2, 0.25) is 5.70 Å². The van der Waals surface area contributed by atoms with Crippen LogP contribution in [0.1, 0.15) is 19.3 Å². The van der Waals surface area contributed by atoms with Crippen LogP contribution in [0.5, 0.6) is 0 Å². The van der Waals surface area contributed by atoms with Crippen molar-refractivity contribution in [2.75, 3.05) is 0 Å². The Balaban J connectivity index is 2.32. The molecule has 2 nitrogen and oxygen atoms in total. The third-order valence-electron chi connectivity index (χ3n) is 1.84. The number of ether oxygens (including phenoxy) is 1. The quantitative estimate of drug-likeness (QED) is 0.500. The number of fused-ring (bicyclic) bond motifs is 1. The van der Waals surface area contributed by atoms with Gasteiger partial charge in [0, 0.05) is 0 Å². The molecule has 0 saturated carbocycles. The van der Waals surface area contributed by atoms with Crippen molar-refractivity contribution in [2.45, 2.75) is 19.3 Å². The molecule has 0 aromatic heterocycles. The molecule has 0 aromatic carbocycles. The molecular weight excluding hydrogens is 126 g/mol. The molecule has 0 bridgehead atoms. The van der Waals surface area contributed by atoms with Gasteiger partial charge >= 0.3 is 6.40 Å². The first-order valence-corrected chi connectivity index (χ1v) is 3.60. The van der Waals surface area contributed by atoms with E-state index < -0.39 is 0 Å². The lowest BCUT2D eigenvalue weighted by atomic mass is 10.00. The third kappa shape index (κ3) is 0.856. The summed E-state index contributed by atoms with van der Waals surface area (Å²) in [6.45, 7) is 0. The van der Waals surface area contributed by atoms with Gasteiger partial charge in [-0.05, 0) is 25.3 Å². The van der Waals surface area contributed by atoms with Gasteiger partial charge in [-0.1, -0.05) is 0 Å². The van der Waals surface area contributed by atoms with E-state index >= 15 is 0 Å². The molecule has 1 heterocycles. The van der Waals surface area contributed by atoms with Crippen LogP contribution in [0, 0.1) is 0 Å². The van der Waals surface area contributed by atoms with Crippen LogP contribution < -0.4 is 4.99 Å². The summed E-state index contributed by atoms with van der Waals surface area (Å²) in [6, 6.07) is 0. The molecule has 2 rings (SSSR count). The number of nitrogens with one attached hydrogen (secondary N) is 1. The molecule has 1 N–H and O–H groups in total. The highest BCUT2D eigenvalue weighted by atomic mass is 16.5. The summed E-state index contributed by atoms with van der Waals surface area (Å²) < 4.78 is 5.00. The first-order chi connectivity index (χ1) is 4.97. The van der Waals surface area contributed by atoms with Crippen molar-refractivity contribution in [3.8, 4) is 0 Å². The highest BCUT2D eigenvalue weighted by molar-refractivity contribution is 5.45. The molecule has 0 saturated heterocycles. The lowest BCUT2D eigenvalue weighted by molar-refractivity contribution is -0.401. The maximum Gasteiger partial charge on any atom is 0.332 e. The Morgan fingerprint density at radius 2 is 2.50 bits per heavy atom. The summed E-state index contributed by atoms with van der Waals surface area (Å²) in [5, 5.41) is 0. The molecule has 0 aromatic rings. The van der Waals surface area contributed by atoms with E-state index in [9.17, 15) is 0 Å². The zero-order valence-electron chi connectivity index (χ0n) is 5.76. The minimum Gasteiger partial charge on any atom is -0.418 e. The number of allylic oxidation sites excluding steroid dienone is 2. The second kappa shape index (κ2) is 2.29. The minimum absolute atomic E-state index is 1.15. The van der Waals surface area contributed by atoms with Crippen molar-refractivity contribution in [3.05, 3.63) is 23.6 Å². The standard InChI is InChI=1S/C8H9NO/c1-2-4-8-7(3-1)5-10-6-9-8/h4-6H,1-3H2/p+1. The Hall–Kier alpha value is -1.05.